The standard InChI is InChI=1S/C16H20N2/c1-18(12-16(11-17)9-10-16)15-8-4-6-13-5-2-3-7-14(13)15/h2-8H,9-12,17H2,1H3. The lowest BCUT2D eigenvalue weighted by Gasteiger charge is -2.26. The molecule has 18 heavy (non-hydrogen) atoms. The first kappa shape index (κ1) is 11.5. The summed E-state index contributed by atoms with van der Waals surface area (Å²) in [6.45, 7) is 1.87. The number of benzene rings is 2. The minimum absolute atomic E-state index is 0.381. The van der Waals surface area contributed by atoms with E-state index in [1.165, 1.54) is 29.3 Å². The molecule has 0 aromatic heterocycles. The van der Waals surface area contributed by atoms with E-state index in [0.29, 0.717) is 5.41 Å². The second-order valence-electron chi connectivity index (χ2n) is 5.56. The predicted molar refractivity (Wildman–Crippen MR) is 77.9 cm³/mol. The van der Waals surface area contributed by atoms with Crippen molar-refractivity contribution in [2.24, 2.45) is 11.1 Å². The van der Waals surface area contributed by atoms with Crippen LogP contribution in [0.5, 0.6) is 0 Å². The smallest absolute Gasteiger partial charge is 0.0443 e. The monoisotopic (exact) mass is 240 g/mol. The molecule has 94 valence electrons. The third-order valence-electron chi connectivity index (χ3n) is 4.14. The topological polar surface area (TPSA) is 29.3 Å². The van der Waals surface area contributed by atoms with Gasteiger partial charge in [-0.1, -0.05) is 36.4 Å². The zero-order valence-corrected chi connectivity index (χ0v) is 10.9. The van der Waals surface area contributed by atoms with Crippen molar-refractivity contribution in [3.63, 3.8) is 0 Å². The van der Waals surface area contributed by atoms with Crippen LogP contribution in [0.4, 0.5) is 5.69 Å². The molecule has 2 N–H and O–H groups in total. The van der Waals surface area contributed by atoms with Crippen molar-refractivity contribution in [1.82, 2.24) is 0 Å². The Morgan fingerprint density at radius 3 is 2.56 bits per heavy atom. The summed E-state index contributed by atoms with van der Waals surface area (Å²) in [4.78, 5) is 2.36. The molecule has 1 aliphatic carbocycles. The number of hydrogen-bond donors (Lipinski definition) is 1. The predicted octanol–water partition coefficient (Wildman–Crippen LogP) is 3.01. The summed E-state index contributed by atoms with van der Waals surface area (Å²) in [5.41, 5.74) is 7.57. The average molecular weight is 240 g/mol. The maximum absolute atomic E-state index is 5.88. The zero-order chi connectivity index (χ0) is 12.6. The Kier molecular flexibility index (Phi) is 2.75. The van der Waals surface area contributed by atoms with E-state index in [9.17, 15) is 0 Å². The summed E-state index contributed by atoms with van der Waals surface area (Å²) in [6, 6.07) is 15.1. The van der Waals surface area contributed by atoms with Gasteiger partial charge in [0.15, 0.2) is 0 Å². The Morgan fingerprint density at radius 2 is 1.83 bits per heavy atom. The van der Waals surface area contributed by atoms with Crippen LogP contribution in [0.2, 0.25) is 0 Å². The molecule has 1 saturated carbocycles. The quantitative estimate of drug-likeness (QED) is 0.890. The number of nitrogens with zero attached hydrogens (tertiary/aromatic N) is 1. The molecule has 2 aromatic carbocycles. The molecule has 0 heterocycles. The Bertz CT molecular complexity index is 553. The van der Waals surface area contributed by atoms with Crippen molar-refractivity contribution in [2.75, 3.05) is 25.0 Å². The molecule has 2 nitrogen and oxygen atoms in total. The van der Waals surface area contributed by atoms with Gasteiger partial charge in [0.1, 0.15) is 0 Å². The van der Waals surface area contributed by atoms with Crippen LogP contribution in [0.15, 0.2) is 42.5 Å². The number of rotatable bonds is 4. The first-order valence-electron chi connectivity index (χ1n) is 6.63. The first-order valence-corrected chi connectivity index (χ1v) is 6.63. The number of nitrogens with two attached hydrogens (primary N) is 1. The Labute approximate surface area is 108 Å². The van der Waals surface area contributed by atoms with Gasteiger partial charge >= 0.3 is 0 Å². The van der Waals surface area contributed by atoms with Crippen LogP contribution in [0.3, 0.4) is 0 Å². The van der Waals surface area contributed by atoms with Gasteiger partial charge in [0.25, 0.3) is 0 Å². The third-order valence-corrected chi connectivity index (χ3v) is 4.14. The molecule has 0 amide bonds. The van der Waals surface area contributed by atoms with Crippen molar-refractivity contribution in [2.45, 2.75) is 12.8 Å². The van der Waals surface area contributed by atoms with Gasteiger partial charge in [-0.2, -0.15) is 0 Å². The fourth-order valence-corrected chi connectivity index (χ4v) is 2.73. The van der Waals surface area contributed by atoms with E-state index in [0.717, 1.165) is 13.1 Å². The molecular formula is C16H20N2. The summed E-state index contributed by atoms with van der Waals surface area (Å²) in [5.74, 6) is 0. The molecule has 0 saturated heterocycles. The van der Waals surface area contributed by atoms with Gasteiger partial charge in [0.2, 0.25) is 0 Å². The molecule has 1 aliphatic rings. The molecule has 0 bridgehead atoms. The van der Waals surface area contributed by atoms with Crippen LogP contribution in [0.25, 0.3) is 10.8 Å². The number of anilines is 1. The van der Waals surface area contributed by atoms with Crippen LogP contribution < -0.4 is 10.6 Å². The van der Waals surface area contributed by atoms with Crippen LogP contribution in [0, 0.1) is 5.41 Å². The van der Waals surface area contributed by atoms with Crippen molar-refractivity contribution >= 4 is 16.5 Å². The molecule has 0 atom stereocenters. The summed E-state index contributed by atoms with van der Waals surface area (Å²) in [7, 11) is 2.18. The van der Waals surface area contributed by atoms with Gasteiger partial charge in [-0.25, -0.2) is 0 Å². The fraction of sp³-hybridized carbons (Fsp3) is 0.375. The molecule has 2 aromatic rings. The largest absolute Gasteiger partial charge is 0.373 e. The molecule has 0 aliphatic heterocycles. The highest BCUT2D eigenvalue weighted by Crippen LogP contribution is 2.45. The lowest BCUT2D eigenvalue weighted by Crippen LogP contribution is -2.31. The average Bonchev–Trinajstić information content (AvgIpc) is 3.18. The highest BCUT2D eigenvalue weighted by molar-refractivity contribution is 5.94. The van der Waals surface area contributed by atoms with Gasteiger partial charge in [-0.05, 0) is 30.8 Å². The maximum Gasteiger partial charge on any atom is 0.0443 e. The van der Waals surface area contributed by atoms with E-state index in [-0.39, 0.29) is 0 Å². The van der Waals surface area contributed by atoms with E-state index in [1.54, 1.807) is 0 Å². The normalized spacial score (nSPS) is 16.8. The zero-order valence-electron chi connectivity index (χ0n) is 10.9. The summed E-state index contributed by atoms with van der Waals surface area (Å²) in [5, 5.41) is 2.63. The van der Waals surface area contributed by atoms with E-state index < -0.39 is 0 Å². The third kappa shape index (κ3) is 1.97. The Hall–Kier alpha value is -1.54. The second-order valence-corrected chi connectivity index (χ2v) is 5.56. The van der Waals surface area contributed by atoms with E-state index >= 15 is 0 Å². The molecular weight excluding hydrogens is 220 g/mol. The van der Waals surface area contributed by atoms with E-state index in [4.69, 9.17) is 5.73 Å². The van der Waals surface area contributed by atoms with E-state index in [2.05, 4.69) is 54.4 Å². The van der Waals surface area contributed by atoms with Crippen molar-refractivity contribution in [3.05, 3.63) is 42.5 Å². The molecule has 0 radical (unpaired) electrons. The van der Waals surface area contributed by atoms with Crippen LogP contribution in [-0.2, 0) is 0 Å². The minimum atomic E-state index is 0.381. The highest BCUT2D eigenvalue weighted by Gasteiger charge is 2.42. The molecule has 3 rings (SSSR count). The van der Waals surface area contributed by atoms with Gasteiger partial charge in [-0.15, -0.1) is 0 Å². The minimum Gasteiger partial charge on any atom is -0.373 e. The van der Waals surface area contributed by atoms with Gasteiger partial charge in [0.05, 0.1) is 0 Å². The molecule has 0 unspecified atom stereocenters. The van der Waals surface area contributed by atoms with Crippen LogP contribution in [-0.4, -0.2) is 20.1 Å². The fourth-order valence-electron chi connectivity index (χ4n) is 2.73. The van der Waals surface area contributed by atoms with E-state index in [1.807, 2.05) is 0 Å². The first-order chi connectivity index (χ1) is 8.74. The van der Waals surface area contributed by atoms with Crippen molar-refractivity contribution in [3.8, 4) is 0 Å². The maximum atomic E-state index is 5.88. The van der Waals surface area contributed by atoms with Gasteiger partial charge < -0.3 is 10.6 Å². The molecule has 0 spiro atoms. The highest BCUT2D eigenvalue weighted by atomic mass is 15.1. The van der Waals surface area contributed by atoms with Crippen molar-refractivity contribution < 1.29 is 0 Å². The SMILES string of the molecule is CN(CC1(CN)CC1)c1cccc2ccccc12. The Morgan fingerprint density at radius 1 is 1.11 bits per heavy atom. The van der Waals surface area contributed by atoms with Crippen LogP contribution >= 0.6 is 0 Å². The molecule has 1 fully saturated rings. The second kappa shape index (κ2) is 4.29. The lowest BCUT2D eigenvalue weighted by molar-refractivity contribution is 0.524. The lowest BCUT2D eigenvalue weighted by atomic mass is 10.0. The Balaban J connectivity index is 1.94. The summed E-state index contributed by atoms with van der Waals surface area (Å²) < 4.78 is 0. The number of fused-ring (bicyclic) bond motifs is 1. The van der Waals surface area contributed by atoms with Gasteiger partial charge in [0, 0.05) is 30.1 Å². The van der Waals surface area contributed by atoms with Crippen molar-refractivity contribution in [1.29, 1.82) is 0 Å². The molecule has 2 heteroatoms. The number of hydrogen-bond acceptors (Lipinski definition) is 2. The van der Waals surface area contributed by atoms with Crippen LogP contribution in [0.1, 0.15) is 12.8 Å². The summed E-state index contributed by atoms with van der Waals surface area (Å²) >= 11 is 0. The summed E-state index contributed by atoms with van der Waals surface area (Å²) in [6.07, 6.45) is 2.55. The van der Waals surface area contributed by atoms with Gasteiger partial charge in [-0.3, -0.25) is 0 Å².